The van der Waals surface area contributed by atoms with Gasteiger partial charge in [0.05, 0.1) is 0 Å². The first kappa shape index (κ1) is 19.5. The van der Waals surface area contributed by atoms with E-state index in [1.54, 1.807) is 0 Å². The summed E-state index contributed by atoms with van der Waals surface area (Å²) in [4.78, 5) is 0. The molecule has 0 radical (unpaired) electrons. The second kappa shape index (κ2) is 8.91. The van der Waals surface area contributed by atoms with Gasteiger partial charge in [0.1, 0.15) is 25.7 Å². The summed E-state index contributed by atoms with van der Waals surface area (Å²) in [5.41, 5.74) is 0. The van der Waals surface area contributed by atoms with Crippen molar-refractivity contribution in [1.82, 2.24) is 0 Å². The van der Waals surface area contributed by atoms with Crippen molar-refractivity contribution in [2.75, 3.05) is 13.3 Å². The molecule has 0 spiro atoms. The van der Waals surface area contributed by atoms with Crippen molar-refractivity contribution in [2.45, 2.75) is 62.7 Å². The van der Waals surface area contributed by atoms with Crippen LogP contribution < -0.4 is 0 Å². The molecule has 8 heteroatoms. The van der Waals surface area contributed by atoms with Crippen molar-refractivity contribution in [3.05, 3.63) is 0 Å². The van der Waals surface area contributed by atoms with Crippen LogP contribution in [0.4, 0.5) is 35.1 Å². The summed E-state index contributed by atoms with van der Waals surface area (Å²) >= 11 is 0. The van der Waals surface area contributed by atoms with Crippen LogP contribution in [0.1, 0.15) is 25.7 Å². The van der Waals surface area contributed by atoms with E-state index in [4.69, 9.17) is 0 Å². The van der Waals surface area contributed by atoms with Crippen LogP contribution in [-0.2, 0) is 0 Å². The molecule has 0 aromatic heterocycles. The Bertz CT molecular complexity index is 277. The summed E-state index contributed by atoms with van der Waals surface area (Å²) in [6.07, 6.45) is -14.9. The van der Waals surface area contributed by atoms with Gasteiger partial charge < -0.3 is 0 Å². The van der Waals surface area contributed by atoms with E-state index in [0.717, 1.165) is 0 Å². The Hall–Kier alpha value is -0.560. The predicted molar refractivity (Wildman–Crippen MR) is 66.8 cm³/mol. The molecule has 1 aliphatic carbocycles. The molecule has 6 unspecified atom stereocenters. The Morgan fingerprint density at radius 3 is 1.09 bits per heavy atom. The quantitative estimate of drug-likeness (QED) is 0.559. The lowest BCUT2D eigenvalue weighted by atomic mass is 9.76. The molecule has 0 amide bonds. The summed E-state index contributed by atoms with van der Waals surface area (Å²) in [7, 11) is 0. The Morgan fingerprint density at radius 1 is 0.591 bits per heavy atom. The Morgan fingerprint density at radius 2 is 0.864 bits per heavy atom. The second-order valence-electron chi connectivity index (χ2n) is 5.79. The van der Waals surface area contributed by atoms with E-state index >= 15 is 0 Å². The molecule has 6 atom stereocenters. The maximum Gasteiger partial charge on any atom is 0.165 e. The topological polar surface area (TPSA) is 0 Å². The zero-order valence-electron chi connectivity index (χ0n) is 11.9. The smallest absolute Gasteiger partial charge is 0.165 e. The molecule has 0 heterocycles. The van der Waals surface area contributed by atoms with E-state index in [2.05, 4.69) is 0 Å². The minimum absolute atomic E-state index is 0.0367. The van der Waals surface area contributed by atoms with Crippen molar-refractivity contribution in [2.24, 2.45) is 11.8 Å². The molecule has 0 saturated heterocycles. The molecule has 0 aromatic rings. The average molecular weight is 340 g/mol. The summed E-state index contributed by atoms with van der Waals surface area (Å²) in [6, 6.07) is 0. The fraction of sp³-hybridized carbons (Fsp3) is 1.00. The highest BCUT2D eigenvalue weighted by Gasteiger charge is 2.41. The van der Waals surface area contributed by atoms with Crippen molar-refractivity contribution < 1.29 is 35.1 Å². The highest BCUT2D eigenvalue weighted by molar-refractivity contribution is 4.89. The van der Waals surface area contributed by atoms with Crippen LogP contribution in [0.3, 0.4) is 0 Å². The molecule has 1 fully saturated rings. The number of hydrogen-bond acceptors (Lipinski definition) is 0. The third kappa shape index (κ3) is 4.72. The van der Waals surface area contributed by atoms with Crippen LogP contribution >= 0.6 is 0 Å². The van der Waals surface area contributed by atoms with Crippen LogP contribution in [0.5, 0.6) is 0 Å². The molecule has 1 aliphatic rings. The van der Waals surface area contributed by atoms with E-state index in [-0.39, 0.29) is 25.7 Å². The lowest BCUT2D eigenvalue weighted by molar-refractivity contribution is -0.00357. The maximum absolute atomic E-state index is 13.7. The Balaban J connectivity index is 2.49. The van der Waals surface area contributed by atoms with Gasteiger partial charge in [-0.25, -0.2) is 35.1 Å². The molecule has 1 saturated carbocycles. The second-order valence-corrected chi connectivity index (χ2v) is 5.79. The predicted octanol–water partition coefficient (Wildman–Crippen LogP) is 4.76. The third-order valence-electron chi connectivity index (χ3n) is 4.31. The van der Waals surface area contributed by atoms with Gasteiger partial charge in [-0.2, -0.15) is 0 Å². The minimum Gasteiger partial charge on any atom is -0.248 e. The molecule has 1 rings (SSSR count). The molecule has 0 aliphatic heterocycles. The lowest BCUT2D eigenvalue weighted by Gasteiger charge is -2.34. The number of rotatable bonds is 8. The van der Waals surface area contributed by atoms with Crippen molar-refractivity contribution in [3.63, 3.8) is 0 Å². The molecule has 132 valence electrons. The molecule has 22 heavy (non-hydrogen) atoms. The highest BCUT2D eigenvalue weighted by Crippen LogP contribution is 2.38. The van der Waals surface area contributed by atoms with Crippen LogP contribution in [0.15, 0.2) is 0 Å². The van der Waals surface area contributed by atoms with E-state index < -0.39 is 62.2 Å². The van der Waals surface area contributed by atoms with E-state index in [9.17, 15) is 35.1 Å². The number of alkyl halides is 8. The van der Waals surface area contributed by atoms with Gasteiger partial charge >= 0.3 is 0 Å². The summed E-state index contributed by atoms with van der Waals surface area (Å²) in [5.74, 6) is -1.83. The van der Waals surface area contributed by atoms with Gasteiger partial charge in [0.15, 0.2) is 24.7 Å². The fourth-order valence-electron chi connectivity index (χ4n) is 2.87. The lowest BCUT2D eigenvalue weighted by Crippen LogP contribution is -2.40. The van der Waals surface area contributed by atoms with Crippen LogP contribution in [0, 0.1) is 11.8 Å². The first-order valence-electron chi connectivity index (χ1n) is 7.29. The highest BCUT2D eigenvalue weighted by atomic mass is 19.2. The van der Waals surface area contributed by atoms with Crippen LogP contribution in [0.2, 0.25) is 0 Å². The largest absolute Gasteiger partial charge is 0.248 e. The van der Waals surface area contributed by atoms with Crippen LogP contribution in [0.25, 0.3) is 0 Å². The van der Waals surface area contributed by atoms with E-state index in [0.29, 0.717) is 0 Å². The molecular weight excluding hydrogens is 320 g/mol. The maximum atomic E-state index is 13.7. The van der Waals surface area contributed by atoms with Gasteiger partial charge in [0.25, 0.3) is 0 Å². The number of hydrogen-bond donors (Lipinski definition) is 0. The first-order chi connectivity index (χ1) is 10.3. The van der Waals surface area contributed by atoms with Gasteiger partial charge in [0.2, 0.25) is 0 Å². The standard InChI is InChI=1S/C14H20F8/c15-5-9(17)13(21)11(19)7-1-2-8(4-3-7)12(20)14(22)10(18)6-16/h7-14H,1-6H2. The van der Waals surface area contributed by atoms with Gasteiger partial charge in [-0.05, 0) is 37.5 Å². The van der Waals surface area contributed by atoms with Crippen molar-refractivity contribution in [3.8, 4) is 0 Å². The minimum atomic E-state index is -2.59. The summed E-state index contributed by atoms with van der Waals surface area (Å²) in [6.45, 7) is -3.26. The van der Waals surface area contributed by atoms with Crippen molar-refractivity contribution in [1.29, 1.82) is 0 Å². The third-order valence-corrected chi connectivity index (χ3v) is 4.31. The SMILES string of the molecule is FCC(F)C(F)C(F)C1CCC(C(F)C(F)C(F)CF)CC1. The monoisotopic (exact) mass is 340 g/mol. The molecule has 0 nitrogen and oxygen atoms in total. The van der Waals surface area contributed by atoms with Gasteiger partial charge in [-0.1, -0.05) is 0 Å². The zero-order valence-corrected chi connectivity index (χ0v) is 11.9. The van der Waals surface area contributed by atoms with Gasteiger partial charge in [-0.15, -0.1) is 0 Å². The first-order valence-corrected chi connectivity index (χ1v) is 7.29. The normalized spacial score (nSPS) is 31.1. The van der Waals surface area contributed by atoms with Crippen molar-refractivity contribution >= 4 is 0 Å². The average Bonchev–Trinajstić information content (AvgIpc) is 2.57. The zero-order chi connectivity index (χ0) is 16.9. The Labute approximate surface area is 124 Å². The Kier molecular flexibility index (Phi) is 7.89. The van der Waals surface area contributed by atoms with E-state index in [1.807, 2.05) is 0 Å². The molecule has 0 N–H and O–H groups in total. The van der Waals surface area contributed by atoms with Gasteiger partial charge in [-0.3, -0.25) is 0 Å². The molecule has 0 bridgehead atoms. The summed E-state index contributed by atoms with van der Waals surface area (Å²) in [5, 5.41) is 0. The molecular formula is C14H20F8. The number of halogens is 8. The molecule has 0 aromatic carbocycles. The van der Waals surface area contributed by atoms with E-state index in [1.165, 1.54) is 0 Å². The van der Waals surface area contributed by atoms with Gasteiger partial charge in [0, 0.05) is 0 Å². The van der Waals surface area contributed by atoms with Crippen LogP contribution in [-0.4, -0.2) is 50.4 Å². The summed E-state index contributed by atoms with van der Waals surface area (Å²) < 4.78 is 104. The fourth-order valence-corrected chi connectivity index (χ4v) is 2.87.